The van der Waals surface area contributed by atoms with E-state index >= 15 is 0 Å². The fourth-order valence-electron chi connectivity index (χ4n) is 3.54. The van der Waals surface area contributed by atoms with Gasteiger partial charge in [0, 0.05) is 25.0 Å². The SMILES string of the molecule is CC(C(=O)N1CCC(C)(C)CC1)C1CCCC(N)C1. The average molecular weight is 266 g/mol. The van der Waals surface area contributed by atoms with E-state index in [4.69, 9.17) is 5.73 Å². The maximum absolute atomic E-state index is 12.6. The van der Waals surface area contributed by atoms with Gasteiger partial charge in [-0.05, 0) is 43.4 Å². The van der Waals surface area contributed by atoms with Gasteiger partial charge in [-0.3, -0.25) is 4.79 Å². The summed E-state index contributed by atoms with van der Waals surface area (Å²) >= 11 is 0. The van der Waals surface area contributed by atoms with Crippen LogP contribution in [0.3, 0.4) is 0 Å². The van der Waals surface area contributed by atoms with Crippen LogP contribution in [0.15, 0.2) is 0 Å². The summed E-state index contributed by atoms with van der Waals surface area (Å²) < 4.78 is 0. The van der Waals surface area contributed by atoms with E-state index in [0.29, 0.717) is 23.3 Å². The first-order chi connectivity index (χ1) is 8.89. The number of nitrogens with two attached hydrogens (primary N) is 1. The highest BCUT2D eigenvalue weighted by Gasteiger charge is 2.34. The third-order valence-electron chi connectivity index (χ3n) is 5.28. The quantitative estimate of drug-likeness (QED) is 0.835. The van der Waals surface area contributed by atoms with E-state index in [1.807, 2.05) is 0 Å². The molecule has 2 aliphatic rings. The zero-order valence-electron chi connectivity index (χ0n) is 12.8. The fourth-order valence-corrected chi connectivity index (χ4v) is 3.54. The predicted molar refractivity (Wildman–Crippen MR) is 78.7 cm³/mol. The van der Waals surface area contributed by atoms with Crippen molar-refractivity contribution < 1.29 is 4.79 Å². The zero-order valence-corrected chi connectivity index (χ0v) is 12.8. The smallest absolute Gasteiger partial charge is 0.225 e. The van der Waals surface area contributed by atoms with Crippen molar-refractivity contribution in [2.24, 2.45) is 23.0 Å². The summed E-state index contributed by atoms with van der Waals surface area (Å²) in [6, 6.07) is 0.314. The molecule has 1 aliphatic carbocycles. The highest BCUT2D eigenvalue weighted by atomic mass is 16.2. The molecule has 0 spiro atoms. The highest BCUT2D eigenvalue weighted by Crippen LogP contribution is 2.33. The van der Waals surface area contributed by atoms with Crippen LogP contribution in [0.4, 0.5) is 0 Å². The third kappa shape index (κ3) is 3.71. The Bertz CT molecular complexity index is 317. The Kier molecular flexibility index (Phi) is 4.54. The van der Waals surface area contributed by atoms with Crippen molar-refractivity contribution in [1.29, 1.82) is 0 Å². The summed E-state index contributed by atoms with van der Waals surface area (Å²) in [5.41, 5.74) is 6.46. The number of likely N-dealkylation sites (tertiary alicyclic amines) is 1. The summed E-state index contributed by atoms with van der Waals surface area (Å²) in [4.78, 5) is 14.7. The van der Waals surface area contributed by atoms with E-state index < -0.39 is 0 Å². The van der Waals surface area contributed by atoms with E-state index in [2.05, 4.69) is 25.7 Å². The number of hydrogen-bond acceptors (Lipinski definition) is 2. The molecule has 1 saturated carbocycles. The molecule has 2 N–H and O–H groups in total. The minimum Gasteiger partial charge on any atom is -0.342 e. The van der Waals surface area contributed by atoms with Crippen LogP contribution < -0.4 is 5.73 Å². The van der Waals surface area contributed by atoms with Crippen molar-refractivity contribution in [2.75, 3.05) is 13.1 Å². The number of hydrogen-bond donors (Lipinski definition) is 1. The molecule has 0 bridgehead atoms. The molecule has 2 fully saturated rings. The van der Waals surface area contributed by atoms with Crippen molar-refractivity contribution >= 4 is 5.91 Å². The number of amides is 1. The fraction of sp³-hybridized carbons (Fsp3) is 0.938. The second-order valence-electron chi connectivity index (χ2n) is 7.46. The van der Waals surface area contributed by atoms with Gasteiger partial charge in [0.05, 0.1) is 0 Å². The van der Waals surface area contributed by atoms with E-state index in [1.165, 1.54) is 12.8 Å². The van der Waals surface area contributed by atoms with Gasteiger partial charge in [0.15, 0.2) is 0 Å². The van der Waals surface area contributed by atoms with Gasteiger partial charge in [0.2, 0.25) is 5.91 Å². The number of rotatable bonds is 2. The zero-order chi connectivity index (χ0) is 14.0. The summed E-state index contributed by atoms with van der Waals surface area (Å²) in [6.45, 7) is 8.60. The summed E-state index contributed by atoms with van der Waals surface area (Å²) in [6.07, 6.45) is 6.81. The maximum atomic E-state index is 12.6. The minimum absolute atomic E-state index is 0.160. The van der Waals surface area contributed by atoms with Crippen molar-refractivity contribution in [3.8, 4) is 0 Å². The van der Waals surface area contributed by atoms with E-state index in [1.54, 1.807) is 0 Å². The van der Waals surface area contributed by atoms with Crippen LogP contribution >= 0.6 is 0 Å². The molecular weight excluding hydrogens is 236 g/mol. The molecule has 3 heteroatoms. The van der Waals surface area contributed by atoms with E-state index in [-0.39, 0.29) is 5.92 Å². The first kappa shape index (κ1) is 14.8. The van der Waals surface area contributed by atoms with Gasteiger partial charge in [-0.15, -0.1) is 0 Å². The van der Waals surface area contributed by atoms with Crippen LogP contribution in [-0.2, 0) is 4.79 Å². The lowest BCUT2D eigenvalue weighted by atomic mass is 9.77. The van der Waals surface area contributed by atoms with Crippen LogP contribution in [-0.4, -0.2) is 29.9 Å². The molecule has 1 heterocycles. The molecule has 3 unspecified atom stereocenters. The first-order valence-electron chi connectivity index (χ1n) is 7.93. The number of nitrogens with zero attached hydrogens (tertiary/aromatic N) is 1. The number of piperidine rings is 1. The van der Waals surface area contributed by atoms with Gasteiger partial charge in [0.25, 0.3) is 0 Å². The van der Waals surface area contributed by atoms with Crippen LogP contribution in [0.5, 0.6) is 0 Å². The van der Waals surface area contributed by atoms with Crippen LogP contribution in [0.2, 0.25) is 0 Å². The second kappa shape index (κ2) is 5.82. The van der Waals surface area contributed by atoms with Gasteiger partial charge in [0.1, 0.15) is 0 Å². The molecule has 19 heavy (non-hydrogen) atoms. The Labute approximate surface area is 117 Å². The van der Waals surface area contributed by atoms with Gasteiger partial charge in [-0.2, -0.15) is 0 Å². The van der Waals surface area contributed by atoms with E-state index in [9.17, 15) is 4.79 Å². The normalized spacial score (nSPS) is 32.9. The van der Waals surface area contributed by atoms with Crippen molar-refractivity contribution in [1.82, 2.24) is 4.90 Å². The van der Waals surface area contributed by atoms with Crippen molar-refractivity contribution in [3.63, 3.8) is 0 Å². The molecule has 0 aromatic carbocycles. The lowest BCUT2D eigenvalue weighted by Gasteiger charge is -2.40. The molecule has 1 amide bonds. The molecule has 1 aliphatic heterocycles. The van der Waals surface area contributed by atoms with Crippen molar-refractivity contribution in [2.45, 2.75) is 65.3 Å². The summed E-state index contributed by atoms with van der Waals surface area (Å²) in [5, 5.41) is 0. The molecule has 3 nitrogen and oxygen atoms in total. The Morgan fingerprint density at radius 1 is 1.26 bits per heavy atom. The topological polar surface area (TPSA) is 46.3 Å². The molecule has 0 aromatic heterocycles. The van der Waals surface area contributed by atoms with Gasteiger partial charge >= 0.3 is 0 Å². The molecule has 1 saturated heterocycles. The van der Waals surface area contributed by atoms with Gasteiger partial charge in [-0.25, -0.2) is 0 Å². The molecular formula is C16H30N2O. The minimum atomic E-state index is 0.160. The highest BCUT2D eigenvalue weighted by molar-refractivity contribution is 5.79. The summed E-state index contributed by atoms with van der Waals surface area (Å²) in [5.74, 6) is 1.04. The Hall–Kier alpha value is -0.570. The Morgan fingerprint density at radius 3 is 2.47 bits per heavy atom. The molecule has 2 rings (SSSR count). The van der Waals surface area contributed by atoms with E-state index in [0.717, 1.165) is 38.8 Å². The number of carbonyl (C=O) groups excluding carboxylic acids is 1. The molecule has 0 radical (unpaired) electrons. The summed E-state index contributed by atoms with van der Waals surface area (Å²) in [7, 11) is 0. The Morgan fingerprint density at radius 2 is 1.89 bits per heavy atom. The van der Waals surface area contributed by atoms with Crippen LogP contribution in [0, 0.1) is 17.3 Å². The molecule has 110 valence electrons. The second-order valence-corrected chi connectivity index (χ2v) is 7.46. The lowest BCUT2D eigenvalue weighted by molar-refractivity contribution is -0.139. The van der Waals surface area contributed by atoms with Crippen LogP contribution in [0.1, 0.15) is 59.3 Å². The van der Waals surface area contributed by atoms with Crippen LogP contribution in [0.25, 0.3) is 0 Å². The largest absolute Gasteiger partial charge is 0.342 e. The Balaban J connectivity index is 1.88. The van der Waals surface area contributed by atoms with Gasteiger partial charge < -0.3 is 10.6 Å². The standard InChI is InChI=1S/C16H30N2O/c1-12(13-5-4-6-14(17)11-13)15(19)18-9-7-16(2,3)8-10-18/h12-14H,4-11,17H2,1-3H3. The molecule has 0 aromatic rings. The van der Waals surface area contributed by atoms with Crippen molar-refractivity contribution in [3.05, 3.63) is 0 Å². The predicted octanol–water partition coefficient (Wildman–Crippen LogP) is 2.79. The lowest BCUT2D eigenvalue weighted by Crippen LogP contribution is -2.45. The monoisotopic (exact) mass is 266 g/mol. The average Bonchev–Trinajstić information content (AvgIpc) is 2.37. The molecule has 3 atom stereocenters. The maximum Gasteiger partial charge on any atom is 0.225 e. The third-order valence-corrected chi connectivity index (χ3v) is 5.28. The van der Waals surface area contributed by atoms with Gasteiger partial charge in [-0.1, -0.05) is 27.2 Å². The first-order valence-corrected chi connectivity index (χ1v) is 7.93. The number of carbonyl (C=O) groups is 1.